The van der Waals surface area contributed by atoms with Crippen molar-refractivity contribution in [2.24, 2.45) is 23.7 Å². The zero-order valence-electron chi connectivity index (χ0n) is 39.4. The number of likely N-dealkylation sites (tertiary alicyclic amines) is 1. The van der Waals surface area contributed by atoms with Gasteiger partial charge in [-0.05, 0) is 48.8 Å². The molecule has 0 radical (unpaired) electrons. The summed E-state index contributed by atoms with van der Waals surface area (Å²) in [5.74, 6) is -3.17. The largest absolute Gasteiger partial charge is 0.455 e. The SMILES string of the molecule is CCCC(Cc1ccccc1)NC(=O)c1csc([C@@H](C[C@H](C(C)C)N(C)C(=O)[C@@H](CC(=O)[C@H](C(C)C)N(C)C(=O)CCCN2C(=O)CC(SC)C2=O)[C@@H](C)CC)OC(C)=O)n1.O=C=O. The van der Waals surface area contributed by atoms with Gasteiger partial charge in [0.2, 0.25) is 23.6 Å². The smallest absolute Gasteiger partial charge is 0.373 e. The molecular formula is C47H69N5O10S2. The highest BCUT2D eigenvalue weighted by Gasteiger charge is 2.40. The number of hydrogen-bond acceptors (Lipinski definition) is 13. The Kier molecular flexibility index (Phi) is 23.9. The summed E-state index contributed by atoms with van der Waals surface area (Å²) >= 11 is 2.57. The molecule has 0 spiro atoms. The second kappa shape index (κ2) is 27.6. The van der Waals surface area contributed by atoms with E-state index in [1.54, 1.807) is 30.6 Å². The molecule has 0 bridgehead atoms. The number of nitrogens with one attached hydrogen (secondary N) is 1. The van der Waals surface area contributed by atoms with E-state index in [-0.39, 0.29) is 115 Å². The third-order valence-corrected chi connectivity index (χ3v) is 13.7. The number of rotatable bonds is 25. The molecule has 1 fully saturated rings. The van der Waals surface area contributed by atoms with Gasteiger partial charge in [-0.15, -0.1) is 11.3 Å². The van der Waals surface area contributed by atoms with E-state index in [4.69, 9.17) is 14.3 Å². The summed E-state index contributed by atoms with van der Waals surface area (Å²) in [5, 5.41) is 4.86. The fourth-order valence-electron chi connectivity index (χ4n) is 8.17. The van der Waals surface area contributed by atoms with E-state index in [0.717, 1.165) is 18.4 Å². The molecule has 5 amide bonds. The molecule has 1 aromatic heterocycles. The van der Waals surface area contributed by atoms with Crippen LogP contribution in [0.15, 0.2) is 35.7 Å². The number of nitrogens with zero attached hydrogens (tertiary/aromatic N) is 4. The fraction of sp³-hybridized carbons (Fsp3) is 0.638. The van der Waals surface area contributed by atoms with Crippen LogP contribution in [0.1, 0.15) is 134 Å². The van der Waals surface area contributed by atoms with Crippen LogP contribution in [0.25, 0.3) is 0 Å². The second-order valence-electron chi connectivity index (χ2n) is 17.2. The molecule has 2 heterocycles. The number of carbonyl (C=O) groups is 7. The first-order valence-electron chi connectivity index (χ1n) is 22.1. The van der Waals surface area contributed by atoms with Crippen molar-refractivity contribution in [1.29, 1.82) is 0 Å². The van der Waals surface area contributed by atoms with Crippen LogP contribution in [0.2, 0.25) is 0 Å². The molecule has 0 saturated carbocycles. The molecule has 1 aliphatic rings. The van der Waals surface area contributed by atoms with Crippen LogP contribution < -0.4 is 5.32 Å². The van der Waals surface area contributed by atoms with E-state index in [1.165, 1.54) is 39.8 Å². The molecule has 1 aromatic carbocycles. The predicted molar refractivity (Wildman–Crippen MR) is 246 cm³/mol. The lowest BCUT2D eigenvalue weighted by atomic mass is 9.82. The number of esters is 1. The summed E-state index contributed by atoms with van der Waals surface area (Å²) < 4.78 is 5.83. The van der Waals surface area contributed by atoms with Gasteiger partial charge in [0.1, 0.15) is 10.7 Å². The number of carbonyl (C=O) groups excluding carboxylic acids is 9. The Morgan fingerprint density at radius 2 is 1.64 bits per heavy atom. The lowest BCUT2D eigenvalue weighted by Crippen LogP contribution is -2.49. The molecular weight excluding hydrogens is 859 g/mol. The predicted octanol–water partition coefficient (Wildman–Crippen LogP) is 6.55. The molecule has 17 heteroatoms. The van der Waals surface area contributed by atoms with Gasteiger partial charge in [0, 0.05) is 76.6 Å². The lowest BCUT2D eigenvalue weighted by Gasteiger charge is -2.37. The summed E-state index contributed by atoms with van der Waals surface area (Å²) in [4.78, 5) is 118. The molecule has 2 aromatic rings. The molecule has 0 aliphatic carbocycles. The first-order chi connectivity index (χ1) is 30.3. The molecule has 15 nitrogen and oxygen atoms in total. The highest BCUT2D eigenvalue weighted by atomic mass is 32.2. The van der Waals surface area contributed by atoms with Crippen LogP contribution >= 0.6 is 23.1 Å². The third-order valence-electron chi connectivity index (χ3n) is 11.8. The van der Waals surface area contributed by atoms with Crippen LogP contribution in [0, 0.1) is 23.7 Å². The molecule has 354 valence electrons. The van der Waals surface area contributed by atoms with E-state index in [1.807, 2.05) is 71.9 Å². The third kappa shape index (κ3) is 16.4. The molecule has 1 aliphatic heterocycles. The van der Waals surface area contributed by atoms with Crippen molar-refractivity contribution in [2.45, 2.75) is 143 Å². The Bertz CT molecular complexity index is 1900. The quantitative estimate of drug-likeness (QED) is 0.0834. The fourth-order valence-corrected chi connectivity index (χ4v) is 9.65. The van der Waals surface area contributed by atoms with Crippen LogP contribution in [0.4, 0.5) is 0 Å². The van der Waals surface area contributed by atoms with Crippen molar-refractivity contribution in [3.63, 3.8) is 0 Å². The van der Waals surface area contributed by atoms with E-state index < -0.39 is 30.1 Å². The van der Waals surface area contributed by atoms with Crippen molar-refractivity contribution >= 4 is 70.5 Å². The van der Waals surface area contributed by atoms with E-state index >= 15 is 0 Å². The zero-order valence-corrected chi connectivity index (χ0v) is 41.1. The monoisotopic (exact) mass is 927 g/mol. The molecule has 1 N–H and O–H groups in total. The number of thioether (sulfide) groups is 1. The van der Waals surface area contributed by atoms with Crippen molar-refractivity contribution in [1.82, 2.24) is 25.0 Å². The number of imide groups is 1. The van der Waals surface area contributed by atoms with E-state index in [9.17, 15) is 33.6 Å². The maximum atomic E-state index is 14.6. The van der Waals surface area contributed by atoms with Crippen molar-refractivity contribution in [3.8, 4) is 0 Å². The summed E-state index contributed by atoms with van der Waals surface area (Å²) in [6.45, 7) is 15.2. The molecule has 3 rings (SSSR count). The molecule has 1 saturated heterocycles. The van der Waals surface area contributed by atoms with Gasteiger partial charge in [0.05, 0.1) is 11.3 Å². The minimum Gasteiger partial charge on any atom is -0.455 e. The number of likely N-dealkylation sites (N-methyl/N-ethyl adjacent to an activating group) is 1. The lowest BCUT2D eigenvalue weighted by molar-refractivity contribution is -0.192. The summed E-state index contributed by atoms with van der Waals surface area (Å²) in [6, 6.07) is 8.70. The van der Waals surface area contributed by atoms with Crippen LogP contribution in [-0.2, 0) is 49.5 Å². The minimum atomic E-state index is -0.829. The number of ketones is 1. The van der Waals surface area contributed by atoms with Gasteiger partial charge in [-0.2, -0.15) is 21.4 Å². The number of hydrogen-bond donors (Lipinski definition) is 1. The van der Waals surface area contributed by atoms with Crippen LogP contribution in [-0.4, -0.2) is 117 Å². The summed E-state index contributed by atoms with van der Waals surface area (Å²) in [5.41, 5.74) is 1.36. The summed E-state index contributed by atoms with van der Waals surface area (Å²) in [6.07, 6.45) is 4.89. The van der Waals surface area contributed by atoms with Gasteiger partial charge in [0.15, 0.2) is 11.9 Å². The van der Waals surface area contributed by atoms with Gasteiger partial charge >= 0.3 is 12.1 Å². The maximum absolute atomic E-state index is 14.6. The number of benzene rings is 1. The van der Waals surface area contributed by atoms with Gasteiger partial charge in [-0.25, -0.2) is 4.98 Å². The average molecular weight is 928 g/mol. The topological polar surface area (TPSA) is 197 Å². The van der Waals surface area contributed by atoms with Crippen LogP contribution in [0.3, 0.4) is 0 Å². The molecule has 7 atom stereocenters. The Morgan fingerprint density at radius 3 is 2.17 bits per heavy atom. The zero-order chi connectivity index (χ0) is 48.3. The Labute approximate surface area is 387 Å². The Morgan fingerprint density at radius 1 is 1.00 bits per heavy atom. The highest BCUT2D eigenvalue weighted by molar-refractivity contribution is 8.00. The van der Waals surface area contributed by atoms with Gasteiger partial charge < -0.3 is 19.9 Å². The standard InChI is InChI=1S/C46H69N5O8S2.CO2/c1-12-18-33(23-32-19-15-14-16-20-32)47-43(56)35-27-61-44(48-35)38(59-31(8)52)25-36(28(3)4)49(9)45(57)34(30(7)13-2)24-37(53)42(29(5)6)50(10)40(54)21-17-22-51-41(55)26-39(60-11)46(51)58;2-1-3/h14-16,19-20,27-30,33-34,36,38-39,42H,12-13,17-18,21-26H2,1-11H3,(H,47,56);/t30-,33?,34-,36+,38+,39?,42-;/m0./s1. The average Bonchev–Trinajstić information content (AvgIpc) is 3.85. The van der Waals surface area contributed by atoms with Crippen molar-refractivity contribution in [2.75, 3.05) is 26.9 Å². The Balaban J connectivity index is 0.00000456. The van der Waals surface area contributed by atoms with Gasteiger partial charge in [0.25, 0.3) is 5.91 Å². The number of Topliss-reactive ketones (excluding diaryl/α,β-unsaturated/α-hetero) is 1. The number of aromatic nitrogens is 1. The number of thiazole rings is 1. The maximum Gasteiger partial charge on any atom is 0.373 e. The van der Waals surface area contributed by atoms with E-state index in [2.05, 4.69) is 17.2 Å². The number of ether oxygens (including phenoxy) is 1. The van der Waals surface area contributed by atoms with Crippen molar-refractivity contribution in [3.05, 3.63) is 52.0 Å². The molecule has 64 heavy (non-hydrogen) atoms. The van der Waals surface area contributed by atoms with E-state index in [0.29, 0.717) is 17.8 Å². The first kappa shape index (κ1) is 55.4. The van der Waals surface area contributed by atoms with Crippen LogP contribution in [0.5, 0.6) is 0 Å². The van der Waals surface area contributed by atoms with Gasteiger partial charge in [-0.1, -0.05) is 91.6 Å². The second-order valence-corrected chi connectivity index (χ2v) is 19.1. The minimum absolute atomic E-state index is 0.0585. The highest BCUT2D eigenvalue weighted by Crippen LogP contribution is 2.33. The Hall–Kier alpha value is -4.73. The molecule has 2 unspecified atom stereocenters. The number of amides is 5. The van der Waals surface area contributed by atoms with Gasteiger partial charge in [-0.3, -0.25) is 38.5 Å². The normalized spacial score (nSPS) is 16.5. The summed E-state index contributed by atoms with van der Waals surface area (Å²) in [7, 11) is 3.31. The first-order valence-corrected chi connectivity index (χ1v) is 24.3. The van der Waals surface area contributed by atoms with Crippen molar-refractivity contribution < 1.29 is 47.9 Å².